The van der Waals surface area contributed by atoms with Crippen LogP contribution in [0.25, 0.3) is 0 Å². The van der Waals surface area contributed by atoms with Gasteiger partial charge in [0, 0.05) is 17.6 Å². The lowest BCUT2D eigenvalue weighted by Gasteiger charge is -2.15. The quantitative estimate of drug-likeness (QED) is 0.589. The van der Waals surface area contributed by atoms with E-state index in [0.29, 0.717) is 19.8 Å². The molecule has 1 N–H and O–H groups in total. The highest BCUT2D eigenvalue weighted by Crippen LogP contribution is 2.21. The first kappa shape index (κ1) is 16.0. The molecule has 0 saturated heterocycles. The number of esters is 1. The highest BCUT2D eigenvalue weighted by Gasteiger charge is 2.08. The first-order chi connectivity index (χ1) is 9.15. The van der Waals surface area contributed by atoms with E-state index in [0.717, 1.165) is 10.6 Å². The van der Waals surface area contributed by atoms with Crippen LogP contribution in [-0.2, 0) is 14.3 Å². The lowest BCUT2D eigenvalue weighted by molar-refractivity contribution is -0.148. The standard InChI is InChI=1S/C14H20ClNO3/c1-3-19-14(17)10-18-9-8-16-11(2)12-6-4-5-7-13(12)15/h4-7,11,16H,3,8-10H2,1-2H3. The van der Waals surface area contributed by atoms with Crippen molar-refractivity contribution >= 4 is 17.6 Å². The smallest absolute Gasteiger partial charge is 0.332 e. The Hall–Kier alpha value is -1.10. The van der Waals surface area contributed by atoms with Crippen LogP contribution < -0.4 is 5.32 Å². The fourth-order valence-corrected chi connectivity index (χ4v) is 1.94. The molecule has 0 aromatic heterocycles. The van der Waals surface area contributed by atoms with E-state index in [-0.39, 0.29) is 18.6 Å². The Morgan fingerprint density at radius 2 is 2.16 bits per heavy atom. The summed E-state index contributed by atoms with van der Waals surface area (Å²) in [5.41, 5.74) is 1.05. The number of hydrogen-bond donors (Lipinski definition) is 1. The molecule has 0 saturated carbocycles. The number of hydrogen-bond acceptors (Lipinski definition) is 4. The van der Waals surface area contributed by atoms with Gasteiger partial charge in [-0.05, 0) is 25.5 Å². The van der Waals surface area contributed by atoms with Gasteiger partial charge in [0.15, 0.2) is 0 Å². The number of carbonyl (C=O) groups excluding carboxylic acids is 1. The normalized spacial score (nSPS) is 12.2. The van der Waals surface area contributed by atoms with Crippen LogP contribution in [0.1, 0.15) is 25.5 Å². The van der Waals surface area contributed by atoms with Crippen molar-refractivity contribution in [3.63, 3.8) is 0 Å². The van der Waals surface area contributed by atoms with Crippen molar-refractivity contribution in [2.45, 2.75) is 19.9 Å². The van der Waals surface area contributed by atoms with E-state index in [9.17, 15) is 4.79 Å². The van der Waals surface area contributed by atoms with E-state index in [2.05, 4.69) is 5.32 Å². The molecule has 4 nitrogen and oxygen atoms in total. The summed E-state index contributed by atoms with van der Waals surface area (Å²) in [5.74, 6) is -0.332. The molecule has 1 atom stereocenters. The van der Waals surface area contributed by atoms with Crippen LogP contribution in [0.4, 0.5) is 0 Å². The van der Waals surface area contributed by atoms with Crippen molar-refractivity contribution in [2.75, 3.05) is 26.4 Å². The molecule has 1 rings (SSSR count). The van der Waals surface area contributed by atoms with E-state index in [4.69, 9.17) is 21.1 Å². The second-order valence-corrected chi connectivity index (χ2v) is 4.46. The molecule has 0 aliphatic rings. The summed E-state index contributed by atoms with van der Waals surface area (Å²) in [5, 5.41) is 4.03. The van der Waals surface area contributed by atoms with Crippen LogP contribution in [-0.4, -0.2) is 32.3 Å². The number of nitrogens with one attached hydrogen (secondary N) is 1. The maximum absolute atomic E-state index is 11.0. The maximum atomic E-state index is 11.0. The fraction of sp³-hybridized carbons (Fsp3) is 0.500. The summed E-state index contributed by atoms with van der Waals surface area (Å²) >= 11 is 6.10. The van der Waals surface area contributed by atoms with E-state index in [1.54, 1.807) is 6.92 Å². The molecule has 0 aliphatic carbocycles. The van der Waals surface area contributed by atoms with Crippen LogP contribution in [0.5, 0.6) is 0 Å². The Morgan fingerprint density at radius 3 is 2.84 bits per heavy atom. The van der Waals surface area contributed by atoms with Crippen LogP contribution in [0.15, 0.2) is 24.3 Å². The molecule has 0 spiro atoms. The number of carbonyl (C=O) groups is 1. The van der Waals surface area contributed by atoms with Gasteiger partial charge >= 0.3 is 5.97 Å². The van der Waals surface area contributed by atoms with Crippen molar-refractivity contribution in [3.05, 3.63) is 34.9 Å². The molecule has 0 heterocycles. The molecule has 0 fully saturated rings. The van der Waals surface area contributed by atoms with Gasteiger partial charge in [0.05, 0.1) is 13.2 Å². The average molecular weight is 286 g/mol. The van der Waals surface area contributed by atoms with Crippen molar-refractivity contribution in [3.8, 4) is 0 Å². The van der Waals surface area contributed by atoms with Crippen molar-refractivity contribution < 1.29 is 14.3 Å². The van der Waals surface area contributed by atoms with E-state index in [1.165, 1.54) is 0 Å². The summed E-state index contributed by atoms with van der Waals surface area (Å²) in [7, 11) is 0. The summed E-state index contributed by atoms with van der Waals surface area (Å²) in [6, 6.07) is 7.85. The molecule has 19 heavy (non-hydrogen) atoms. The fourth-order valence-electron chi connectivity index (χ4n) is 1.64. The summed E-state index contributed by atoms with van der Waals surface area (Å²) < 4.78 is 9.95. The topological polar surface area (TPSA) is 47.6 Å². The highest BCUT2D eigenvalue weighted by molar-refractivity contribution is 6.31. The first-order valence-electron chi connectivity index (χ1n) is 6.36. The molecule has 0 bridgehead atoms. The molecular weight excluding hydrogens is 266 g/mol. The predicted molar refractivity (Wildman–Crippen MR) is 75.3 cm³/mol. The Kier molecular flexibility index (Phi) is 7.48. The van der Waals surface area contributed by atoms with Gasteiger partial charge in [-0.1, -0.05) is 29.8 Å². The van der Waals surface area contributed by atoms with Gasteiger partial charge in [-0.2, -0.15) is 0 Å². The zero-order valence-electron chi connectivity index (χ0n) is 11.3. The Balaban J connectivity index is 2.19. The van der Waals surface area contributed by atoms with Crippen molar-refractivity contribution in [1.82, 2.24) is 5.32 Å². The number of ether oxygens (including phenoxy) is 2. The maximum Gasteiger partial charge on any atom is 0.332 e. The van der Waals surface area contributed by atoms with Gasteiger partial charge in [-0.15, -0.1) is 0 Å². The molecular formula is C14H20ClNO3. The van der Waals surface area contributed by atoms with Gasteiger partial charge in [0.25, 0.3) is 0 Å². The van der Waals surface area contributed by atoms with Gasteiger partial charge in [-0.3, -0.25) is 0 Å². The molecule has 0 aliphatic heterocycles. The minimum Gasteiger partial charge on any atom is -0.464 e. The summed E-state index contributed by atoms with van der Waals surface area (Å²) in [4.78, 5) is 11.0. The van der Waals surface area contributed by atoms with Gasteiger partial charge < -0.3 is 14.8 Å². The number of halogens is 1. The lowest BCUT2D eigenvalue weighted by atomic mass is 10.1. The van der Waals surface area contributed by atoms with Gasteiger partial charge in [0.2, 0.25) is 0 Å². The van der Waals surface area contributed by atoms with Crippen molar-refractivity contribution in [1.29, 1.82) is 0 Å². The number of benzene rings is 1. The molecule has 0 radical (unpaired) electrons. The van der Waals surface area contributed by atoms with E-state index >= 15 is 0 Å². The molecule has 106 valence electrons. The minimum absolute atomic E-state index is 0.00397. The monoisotopic (exact) mass is 285 g/mol. The van der Waals surface area contributed by atoms with Crippen LogP contribution in [0.3, 0.4) is 0 Å². The Morgan fingerprint density at radius 1 is 1.42 bits per heavy atom. The zero-order chi connectivity index (χ0) is 14.1. The van der Waals surface area contributed by atoms with Gasteiger partial charge in [0.1, 0.15) is 6.61 Å². The largest absolute Gasteiger partial charge is 0.464 e. The molecule has 1 unspecified atom stereocenters. The van der Waals surface area contributed by atoms with E-state index in [1.807, 2.05) is 31.2 Å². The zero-order valence-corrected chi connectivity index (χ0v) is 12.1. The van der Waals surface area contributed by atoms with Gasteiger partial charge in [-0.25, -0.2) is 4.79 Å². The van der Waals surface area contributed by atoms with Crippen LogP contribution in [0, 0.1) is 0 Å². The molecule has 1 aromatic carbocycles. The second-order valence-electron chi connectivity index (χ2n) is 4.05. The van der Waals surface area contributed by atoms with Crippen LogP contribution in [0.2, 0.25) is 5.02 Å². The SMILES string of the molecule is CCOC(=O)COCCNC(C)c1ccccc1Cl. The first-order valence-corrected chi connectivity index (χ1v) is 6.74. The highest BCUT2D eigenvalue weighted by atomic mass is 35.5. The molecule has 1 aromatic rings. The Bertz CT molecular complexity index is 398. The third kappa shape index (κ3) is 6.05. The Labute approximate surface area is 119 Å². The number of rotatable bonds is 8. The summed E-state index contributed by atoms with van der Waals surface area (Å²) in [6.07, 6.45) is 0. The average Bonchev–Trinajstić information content (AvgIpc) is 2.39. The predicted octanol–water partition coefficient (Wildman–Crippen LogP) is 2.57. The molecule has 5 heteroatoms. The minimum atomic E-state index is -0.332. The lowest BCUT2D eigenvalue weighted by Crippen LogP contribution is -2.25. The van der Waals surface area contributed by atoms with E-state index < -0.39 is 0 Å². The third-order valence-corrected chi connectivity index (χ3v) is 2.94. The molecule has 0 amide bonds. The summed E-state index contributed by atoms with van der Waals surface area (Å²) in [6.45, 7) is 5.27. The third-order valence-electron chi connectivity index (χ3n) is 2.59. The second kappa shape index (κ2) is 8.91. The van der Waals surface area contributed by atoms with Crippen LogP contribution >= 0.6 is 11.6 Å². The van der Waals surface area contributed by atoms with Crippen molar-refractivity contribution in [2.24, 2.45) is 0 Å².